The maximum Gasteiger partial charge on any atom is 0.0667 e. The Morgan fingerprint density at radius 1 is 1.56 bits per heavy atom. The van der Waals surface area contributed by atoms with Crippen molar-refractivity contribution in [2.75, 3.05) is 0 Å². The van der Waals surface area contributed by atoms with Crippen molar-refractivity contribution in [1.82, 2.24) is 0 Å². The first-order valence-electron chi connectivity index (χ1n) is 3.29. The first-order chi connectivity index (χ1) is 4.24. The lowest BCUT2D eigenvalue weighted by molar-refractivity contribution is 0.636. The lowest BCUT2D eigenvalue weighted by atomic mass is 10.0. The van der Waals surface area contributed by atoms with Crippen molar-refractivity contribution in [3.63, 3.8) is 0 Å². The fraction of sp³-hybridized carbons (Fsp3) is 0.857. The Morgan fingerprint density at radius 3 is 2.44 bits per heavy atom. The van der Waals surface area contributed by atoms with Crippen molar-refractivity contribution in [2.45, 2.75) is 30.8 Å². The summed E-state index contributed by atoms with van der Waals surface area (Å²) in [5.41, 5.74) is 0. The van der Waals surface area contributed by atoms with E-state index in [1.54, 1.807) is 0 Å². The predicted octanol–water partition coefficient (Wildman–Crippen LogP) is 2.04. The summed E-state index contributed by atoms with van der Waals surface area (Å²) in [4.78, 5) is 0. The van der Waals surface area contributed by atoms with Gasteiger partial charge in [0, 0.05) is 10.5 Å². The van der Waals surface area contributed by atoms with E-state index in [0.717, 1.165) is 6.42 Å². The highest BCUT2D eigenvalue weighted by atomic mass is 32.2. The Hall–Kier alpha value is -0.160. The second-order valence-electron chi connectivity index (χ2n) is 2.62. The molecule has 0 bridgehead atoms. The van der Waals surface area contributed by atoms with Crippen molar-refractivity contribution in [3.05, 3.63) is 0 Å². The van der Waals surface area contributed by atoms with Crippen molar-refractivity contribution in [2.24, 2.45) is 5.92 Å². The zero-order chi connectivity index (χ0) is 6.85. The monoisotopic (exact) mass is 141 g/mol. The molecular formula is C7H11NS. The topological polar surface area (TPSA) is 23.8 Å². The van der Waals surface area contributed by atoms with Gasteiger partial charge < -0.3 is 0 Å². The summed E-state index contributed by atoms with van der Waals surface area (Å²) in [7, 11) is 0. The van der Waals surface area contributed by atoms with Gasteiger partial charge in [-0.15, -0.1) is 0 Å². The normalized spacial score (nSPS) is 42.6. The maximum absolute atomic E-state index is 8.59. The minimum Gasteiger partial charge on any atom is -0.198 e. The highest BCUT2D eigenvalue weighted by molar-refractivity contribution is 8.00. The number of hydrogen-bond donors (Lipinski definition) is 0. The van der Waals surface area contributed by atoms with E-state index < -0.39 is 0 Å². The molecule has 0 aromatic carbocycles. The van der Waals surface area contributed by atoms with Gasteiger partial charge in [-0.1, -0.05) is 13.8 Å². The van der Waals surface area contributed by atoms with E-state index in [1.807, 2.05) is 11.8 Å². The Balaban J connectivity index is 2.50. The summed E-state index contributed by atoms with van der Waals surface area (Å²) in [5, 5.41) is 9.85. The van der Waals surface area contributed by atoms with Crippen LogP contribution in [0.4, 0.5) is 0 Å². The van der Waals surface area contributed by atoms with Crippen LogP contribution in [0, 0.1) is 17.2 Å². The Kier molecular flexibility index (Phi) is 2.02. The van der Waals surface area contributed by atoms with Crippen molar-refractivity contribution < 1.29 is 0 Å². The third-order valence-electron chi connectivity index (χ3n) is 1.77. The summed E-state index contributed by atoms with van der Waals surface area (Å²) in [6.07, 6.45) is 1.09. The number of thioether (sulfide) groups is 1. The van der Waals surface area contributed by atoms with E-state index >= 15 is 0 Å². The first kappa shape index (κ1) is 6.95. The first-order valence-corrected chi connectivity index (χ1v) is 4.23. The molecule has 1 saturated heterocycles. The van der Waals surface area contributed by atoms with Gasteiger partial charge in [-0.2, -0.15) is 17.0 Å². The molecule has 1 nitrogen and oxygen atoms in total. The molecule has 0 amide bonds. The number of nitrogens with zero attached hydrogens (tertiary/aromatic N) is 1. The third kappa shape index (κ3) is 1.40. The number of hydrogen-bond acceptors (Lipinski definition) is 2. The van der Waals surface area contributed by atoms with E-state index in [0.29, 0.717) is 16.4 Å². The van der Waals surface area contributed by atoms with Gasteiger partial charge >= 0.3 is 0 Å². The lowest BCUT2D eigenvalue weighted by Crippen LogP contribution is -2.03. The molecule has 0 aromatic heterocycles. The summed E-state index contributed by atoms with van der Waals surface area (Å²) >= 11 is 1.93. The molecule has 1 fully saturated rings. The maximum atomic E-state index is 8.59. The predicted molar refractivity (Wildman–Crippen MR) is 40.2 cm³/mol. The molecule has 50 valence electrons. The van der Waals surface area contributed by atoms with Gasteiger partial charge in [-0.05, 0) is 6.42 Å². The minimum absolute atomic E-state index is 0.310. The lowest BCUT2D eigenvalue weighted by Gasteiger charge is -2.01. The van der Waals surface area contributed by atoms with Crippen LogP contribution in [0.1, 0.15) is 20.3 Å². The van der Waals surface area contributed by atoms with Gasteiger partial charge in [0.2, 0.25) is 0 Å². The van der Waals surface area contributed by atoms with Gasteiger partial charge in [-0.3, -0.25) is 0 Å². The van der Waals surface area contributed by atoms with E-state index in [1.165, 1.54) is 0 Å². The summed E-state index contributed by atoms with van der Waals surface area (Å²) in [6.45, 7) is 4.33. The molecule has 3 atom stereocenters. The molecule has 0 N–H and O–H groups in total. The molecule has 1 heterocycles. The minimum atomic E-state index is 0.310. The van der Waals surface area contributed by atoms with Crippen molar-refractivity contribution in [1.29, 1.82) is 5.26 Å². The van der Waals surface area contributed by atoms with Crippen LogP contribution >= 0.6 is 11.8 Å². The Labute approximate surface area is 60.4 Å². The zero-order valence-corrected chi connectivity index (χ0v) is 6.61. The van der Waals surface area contributed by atoms with Crippen LogP contribution in [-0.4, -0.2) is 10.5 Å². The average Bonchev–Trinajstić information content (AvgIpc) is 2.10. The standard InChI is InChI=1S/C7H11NS/c1-5-3-7(4-8)6(2)9-5/h5-7H,3H2,1-2H3/t5?,6-,7?/m1/s1. The molecule has 0 aliphatic carbocycles. The van der Waals surface area contributed by atoms with E-state index in [2.05, 4.69) is 19.9 Å². The quantitative estimate of drug-likeness (QED) is 0.515. The molecule has 0 radical (unpaired) electrons. The zero-order valence-electron chi connectivity index (χ0n) is 5.79. The fourth-order valence-electron chi connectivity index (χ4n) is 1.22. The Bertz CT molecular complexity index is 138. The molecule has 9 heavy (non-hydrogen) atoms. The molecule has 2 unspecified atom stereocenters. The average molecular weight is 141 g/mol. The van der Waals surface area contributed by atoms with Crippen molar-refractivity contribution in [3.8, 4) is 6.07 Å². The van der Waals surface area contributed by atoms with Crippen LogP contribution in [0.2, 0.25) is 0 Å². The van der Waals surface area contributed by atoms with Crippen LogP contribution in [0.25, 0.3) is 0 Å². The molecule has 1 aliphatic rings. The Morgan fingerprint density at radius 2 is 2.22 bits per heavy atom. The molecule has 2 heteroatoms. The smallest absolute Gasteiger partial charge is 0.0667 e. The molecule has 0 spiro atoms. The van der Waals surface area contributed by atoms with Crippen LogP contribution in [-0.2, 0) is 0 Å². The van der Waals surface area contributed by atoms with Gasteiger partial charge in [0.25, 0.3) is 0 Å². The fourth-order valence-corrected chi connectivity index (χ4v) is 2.64. The van der Waals surface area contributed by atoms with Crippen LogP contribution in [0.5, 0.6) is 0 Å². The molecular weight excluding hydrogens is 130 g/mol. The highest BCUT2D eigenvalue weighted by Crippen LogP contribution is 2.37. The van der Waals surface area contributed by atoms with Gasteiger partial charge in [0.15, 0.2) is 0 Å². The van der Waals surface area contributed by atoms with Crippen molar-refractivity contribution >= 4 is 11.8 Å². The number of nitriles is 1. The molecule has 0 aromatic rings. The highest BCUT2D eigenvalue weighted by Gasteiger charge is 2.28. The molecule has 0 saturated carbocycles. The van der Waals surface area contributed by atoms with Crippen LogP contribution < -0.4 is 0 Å². The largest absolute Gasteiger partial charge is 0.198 e. The van der Waals surface area contributed by atoms with Crippen LogP contribution in [0.15, 0.2) is 0 Å². The van der Waals surface area contributed by atoms with Gasteiger partial charge in [-0.25, -0.2) is 0 Å². The number of rotatable bonds is 0. The summed E-state index contributed by atoms with van der Waals surface area (Å²) in [5.74, 6) is 0.310. The second-order valence-corrected chi connectivity index (χ2v) is 4.44. The third-order valence-corrected chi connectivity index (χ3v) is 3.18. The van der Waals surface area contributed by atoms with Crippen LogP contribution in [0.3, 0.4) is 0 Å². The van der Waals surface area contributed by atoms with Gasteiger partial charge in [0.05, 0.1) is 12.0 Å². The van der Waals surface area contributed by atoms with Gasteiger partial charge in [0.1, 0.15) is 0 Å². The van der Waals surface area contributed by atoms with E-state index in [-0.39, 0.29) is 0 Å². The van der Waals surface area contributed by atoms with E-state index in [4.69, 9.17) is 5.26 Å². The second kappa shape index (κ2) is 2.62. The van der Waals surface area contributed by atoms with E-state index in [9.17, 15) is 0 Å². The SMILES string of the molecule is CC1CC(C#N)[C@@H](C)S1. The molecule has 1 aliphatic heterocycles. The summed E-state index contributed by atoms with van der Waals surface area (Å²) in [6, 6.07) is 2.32. The summed E-state index contributed by atoms with van der Waals surface area (Å²) < 4.78 is 0. The molecule has 1 rings (SSSR count).